The molecule has 0 aliphatic carbocycles. The first-order valence-electron chi connectivity index (χ1n) is 7.16. The second-order valence-electron chi connectivity index (χ2n) is 5.12. The molecule has 6 nitrogen and oxygen atoms in total. The van der Waals surface area contributed by atoms with E-state index in [-0.39, 0.29) is 10.8 Å². The van der Waals surface area contributed by atoms with Gasteiger partial charge in [0.1, 0.15) is 5.82 Å². The average molecular weight is 333 g/mol. The predicted molar refractivity (Wildman–Crippen MR) is 88.6 cm³/mol. The average Bonchev–Trinajstić information content (AvgIpc) is 2.53. The van der Waals surface area contributed by atoms with Crippen LogP contribution in [-0.2, 0) is 21.2 Å². The van der Waals surface area contributed by atoms with Crippen LogP contribution < -0.4 is 10.0 Å². The number of aromatic nitrogens is 1. The first-order chi connectivity index (χ1) is 10.9. The van der Waals surface area contributed by atoms with E-state index in [9.17, 15) is 13.2 Å². The van der Waals surface area contributed by atoms with Crippen LogP contribution in [0.5, 0.6) is 0 Å². The smallest absolute Gasteiger partial charge is 0.240 e. The van der Waals surface area contributed by atoms with Crippen LogP contribution in [0.2, 0.25) is 0 Å². The summed E-state index contributed by atoms with van der Waals surface area (Å²) in [7, 11) is -2.06. The number of pyridine rings is 1. The zero-order chi connectivity index (χ0) is 16.9. The maximum absolute atomic E-state index is 11.9. The Morgan fingerprint density at radius 1 is 1.17 bits per heavy atom. The molecule has 1 aromatic heterocycles. The molecule has 0 bridgehead atoms. The van der Waals surface area contributed by atoms with Crippen LogP contribution in [0.15, 0.2) is 47.5 Å². The molecule has 0 saturated heterocycles. The van der Waals surface area contributed by atoms with Gasteiger partial charge in [-0.3, -0.25) is 4.79 Å². The molecule has 2 aromatic rings. The lowest BCUT2D eigenvalue weighted by atomic mass is 10.1. The molecular weight excluding hydrogens is 314 g/mol. The number of nitrogens with zero attached hydrogens (tertiary/aromatic N) is 1. The Balaban J connectivity index is 1.92. The second kappa shape index (κ2) is 7.34. The lowest BCUT2D eigenvalue weighted by Crippen LogP contribution is -2.18. The quantitative estimate of drug-likeness (QED) is 0.845. The number of hydrogen-bond acceptors (Lipinski definition) is 4. The fourth-order valence-corrected chi connectivity index (χ4v) is 2.75. The van der Waals surface area contributed by atoms with Crippen molar-refractivity contribution in [1.82, 2.24) is 9.71 Å². The van der Waals surface area contributed by atoms with Gasteiger partial charge in [0.05, 0.1) is 4.90 Å². The maximum Gasteiger partial charge on any atom is 0.240 e. The van der Waals surface area contributed by atoms with Crippen molar-refractivity contribution < 1.29 is 13.2 Å². The van der Waals surface area contributed by atoms with E-state index < -0.39 is 10.0 Å². The van der Waals surface area contributed by atoms with Gasteiger partial charge >= 0.3 is 0 Å². The van der Waals surface area contributed by atoms with Crippen molar-refractivity contribution in [1.29, 1.82) is 0 Å². The highest BCUT2D eigenvalue weighted by Crippen LogP contribution is 2.12. The van der Waals surface area contributed by atoms with Gasteiger partial charge in [-0.15, -0.1) is 0 Å². The zero-order valence-electron chi connectivity index (χ0n) is 13.0. The Bertz CT molecular complexity index is 786. The summed E-state index contributed by atoms with van der Waals surface area (Å²) in [6, 6.07) is 10.1. The highest BCUT2D eigenvalue weighted by Gasteiger charge is 2.11. The molecule has 0 aliphatic rings. The molecule has 0 aliphatic heterocycles. The number of nitrogens with one attached hydrogen (secondary N) is 2. The fourth-order valence-electron chi connectivity index (χ4n) is 2.02. The number of hydrogen-bond donors (Lipinski definition) is 2. The number of benzene rings is 1. The normalized spacial score (nSPS) is 11.2. The van der Waals surface area contributed by atoms with Crippen LogP contribution in [0.4, 0.5) is 5.82 Å². The molecule has 0 radical (unpaired) electrons. The van der Waals surface area contributed by atoms with Crippen LogP contribution >= 0.6 is 0 Å². The monoisotopic (exact) mass is 333 g/mol. The van der Waals surface area contributed by atoms with E-state index >= 15 is 0 Å². The molecule has 2 rings (SSSR count). The molecule has 1 heterocycles. The molecule has 23 heavy (non-hydrogen) atoms. The molecule has 1 amide bonds. The SMILES string of the molecule is CNS(=O)(=O)c1ccc(CCC(=O)Nc2cc(C)ccn2)cc1. The van der Waals surface area contributed by atoms with E-state index in [1.54, 1.807) is 24.4 Å². The lowest BCUT2D eigenvalue weighted by Gasteiger charge is -2.06. The van der Waals surface area contributed by atoms with Crippen molar-refractivity contribution in [2.45, 2.75) is 24.7 Å². The lowest BCUT2D eigenvalue weighted by molar-refractivity contribution is -0.116. The summed E-state index contributed by atoms with van der Waals surface area (Å²) in [4.78, 5) is 16.2. The van der Waals surface area contributed by atoms with Gasteiger partial charge in [0.25, 0.3) is 0 Å². The van der Waals surface area contributed by atoms with Crippen molar-refractivity contribution in [3.63, 3.8) is 0 Å². The molecule has 2 N–H and O–H groups in total. The summed E-state index contributed by atoms with van der Waals surface area (Å²) >= 11 is 0. The Morgan fingerprint density at radius 3 is 2.48 bits per heavy atom. The Kier molecular flexibility index (Phi) is 5.46. The molecule has 1 aromatic carbocycles. The van der Waals surface area contributed by atoms with Gasteiger partial charge < -0.3 is 5.32 Å². The first kappa shape index (κ1) is 17.1. The van der Waals surface area contributed by atoms with E-state index in [4.69, 9.17) is 0 Å². The minimum absolute atomic E-state index is 0.130. The van der Waals surface area contributed by atoms with Crippen LogP contribution in [-0.4, -0.2) is 26.4 Å². The number of carbonyl (C=O) groups excluding carboxylic acids is 1. The summed E-state index contributed by atoms with van der Waals surface area (Å²) in [5, 5.41) is 2.74. The van der Waals surface area contributed by atoms with Crippen LogP contribution in [0.1, 0.15) is 17.5 Å². The minimum atomic E-state index is -3.43. The summed E-state index contributed by atoms with van der Waals surface area (Å²) in [5.41, 5.74) is 1.92. The standard InChI is InChI=1S/C16H19N3O3S/c1-12-9-10-18-15(11-12)19-16(20)8-5-13-3-6-14(7-4-13)23(21,22)17-2/h3-4,6-7,9-11,17H,5,8H2,1-2H3,(H,18,19,20). The number of carbonyl (C=O) groups is 1. The Hall–Kier alpha value is -2.25. The van der Waals surface area contributed by atoms with Crippen LogP contribution in [0.25, 0.3) is 0 Å². The number of rotatable bonds is 6. The zero-order valence-corrected chi connectivity index (χ0v) is 13.9. The number of amides is 1. The third-order valence-electron chi connectivity index (χ3n) is 3.33. The van der Waals surface area contributed by atoms with Gasteiger partial charge in [-0.25, -0.2) is 18.1 Å². The van der Waals surface area contributed by atoms with E-state index in [1.807, 2.05) is 13.0 Å². The van der Waals surface area contributed by atoms with Crippen molar-refractivity contribution in [3.05, 3.63) is 53.7 Å². The summed E-state index contributed by atoms with van der Waals surface area (Å²) in [5.74, 6) is 0.403. The van der Waals surface area contributed by atoms with Crippen LogP contribution in [0, 0.1) is 6.92 Å². The van der Waals surface area contributed by atoms with Crippen molar-refractivity contribution in [2.24, 2.45) is 0 Å². The molecule has 7 heteroatoms. The summed E-state index contributed by atoms with van der Waals surface area (Å²) in [6.07, 6.45) is 2.47. The number of anilines is 1. The fraction of sp³-hybridized carbons (Fsp3) is 0.250. The maximum atomic E-state index is 11.9. The highest BCUT2D eigenvalue weighted by atomic mass is 32.2. The van der Waals surface area contributed by atoms with Gasteiger partial charge in [-0.1, -0.05) is 12.1 Å². The van der Waals surface area contributed by atoms with E-state index in [1.165, 1.54) is 19.2 Å². The van der Waals surface area contributed by atoms with Crippen molar-refractivity contribution >= 4 is 21.7 Å². The predicted octanol–water partition coefficient (Wildman–Crippen LogP) is 1.87. The van der Waals surface area contributed by atoms with Crippen LogP contribution in [0.3, 0.4) is 0 Å². The van der Waals surface area contributed by atoms with E-state index in [0.29, 0.717) is 18.7 Å². The minimum Gasteiger partial charge on any atom is -0.311 e. The van der Waals surface area contributed by atoms with Gasteiger partial charge in [-0.05, 0) is 55.8 Å². The number of aryl methyl sites for hydroxylation is 2. The van der Waals surface area contributed by atoms with Gasteiger partial charge in [0, 0.05) is 12.6 Å². The molecule has 0 atom stereocenters. The molecule has 0 unspecified atom stereocenters. The van der Waals surface area contributed by atoms with E-state index in [0.717, 1.165) is 11.1 Å². The van der Waals surface area contributed by atoms with Crippen molar-refractivity contribution in [3.8, 4) is 0 Å². The molecule has 0 fully saturated rings. The largest absolute Gasteiger partial charge is 0.311 e. The summed E-state index contributed by atoms with van der Waals surface area (Å²) in [6.45, 7) is 1.93. The van der Waals surface area contributed by atoms with E-state index in [2.05, 4.69) is 15.0 Å². The highest BCUT2D eigenvalue weighted by molar-refractivity contribution is 7.89. The van der Waals surface area contributed by atoms with Crippen molar-refractivity contribution in [2.75, 3.05) is 12.4 Å². The van der Waals surface area contributed by atoms with Gasteiger partial charge in [0.15, 0.2) is 0 Å². The molecule has 0 saturated carbocycles. The number of sulfonamides is 1. The molecular formula is C16H19N3O3S. The Morgan fingerprint density at radius 2 is 1.87 bits per heavy atom. The second-order valence-corrected chi connectivity index (χ2v) is 7.00. The summed E-state index contributed by atoms with van der Waals surface area (Å²) < 4.78 is 25.5. The third kappa shape index (κ3) is 4.87. The molecule has 122 valence electrons. The Labute approximate surface area is 136 Å². The third-order valence-corrected chi connectivity index (χ3v) is 4.76. The topological polar surface area (TPSA) is 88.2 Å². The van der Waals surface area contributed by atoms with Gasteiger partial charge in [0.2, 0.25) is 15.9 Å². The molecule has 0 spiro atoms. The first-order valence-corrected chi connectivity index (χ1v) is 8.64. The van der Waals surface area contributed by atoms with Gasteiger partial charge in [-0.2, -0.15) is 0 Å².